The molecule has 5 aromatic rings. The first kappa shape index (κ1) is 27.9. The second-order valence-corrected chi connectivity index (χ2v) is 9.95. The number of nitrogens with zero attached hydrogens (tertiary/aromatic N) is 2. The van der Waals surface area contributed by atoms with Crippen LogP contribution in [0.5, 0.6) is 5.88 Å². The maximum absolute atomic E-state index is 13.9. The fraction of sp³-hybridized carbons (Fsp3) is 0.0938. The van der Waals surface area contributed by atoms with Gasteiger partial charge in [0.05, 0.1) is 11.3 Å². The van der Waals surface area contributed by atoms with Gasteiger partial charge >= 0.3 is 0 Å². The average Bonchev–Trinajstić information content (AvgIpc) is 3.34. The molecule has 5 rings (SSSR count). The van der Waals surface area contributed by atoms with Crippen molar-refractivity contribution in [3.05, 3.63) is 126 Å². The first-order valence-electron chi connectivity index (χ1n) is 12.5. The molecule has 4 aromatic carbocycles. The molecule has 0 fully saturated rings. The molecule has 206 valence electrons. The zero-order chi connectivity index (χ0) is 28.9. The number of Topliss-reactive ketones (excluding diaryl/α,β-unsaturated/α-hetero) is 2. The Hall–Kier alpha value is -4.63. The quantitative estimate of drug-likeness (QED) is 0.128. The minimum atomic E-state index is -0.467. The third kappa shape index (κ3) is 6.41. The summed E-state index contributed by atoms with van der Waals surface area (Å²) in [5.74, 6) is -2.02. The smallest absolute Gasteiger partial charge is 0.241 e. The van der Waals surface area contributed by atoms with Crippen molar-refractivity contribution >= 4 is 23.3 Å². The molecule has 0 saturated carbocycles. The van der Waals surface area contributed by atoms with Gasteiger partial charge < -0.3 is 4.74 Å². The summed E-state index contributed by atoms with van der Waals surface area (Å²) in [6.07, 6.45) is 1.95. The fourth-order valence-electron chi connectivity index (χ4n) is 4.29. The van der Waals surface area contributed by atoms with Crippen LogP contribution < -0.4 is 4.74 Å². The Morgan fingerprint density at radius 1 is 0.707 bits per heavy atom. The predicted octanol–water partition coefficient (Wildman–Crippen LogP) is 7.50. The number of benzene rings is 4. The lowest BCUT2D eigenvalue weighted by Crippen LogP contribution is -2.14. The minimum Gasteiger partial charge on any atom is -0.468 e. The molecule has 1 aromatic heterocycles. The van der Waals surface area contributed by atoms with Crippen LogP contribution in [0.15, 0.2) is 102 Å². The van der Waals surface area contributed by atoms with Gasteiger partial charge in [-0.1, -0.05) is 12.1 Å². The van der Waals surface area contributed by atoms with Gasteiger partial charge in [0, 0.05) is 21.6 Å². The second kappa shape index (κ2) is 12.3. The molecule has 5 nitrogen and oxygen atoms in total. The van der Waals surface area contributed by atoms with Crippen LogP contribution in [-0.4, -0.2) is 34.2 Å². The number of aromatic nitrogens is 2. The van der Waals surface area contributed by atoms with Gasteiger partial charge in [-0.15, -0.1) is 16.9 Å². The van der Waals surface area contributed by atoms with Crippen molar-refractivity contribution in [2.75, 3.05) is 12.9 Å². The summed E-state index contributed by atoms with van der Waals surface area (Å²) < 4.78 is 48.1. The maximum Gasteiger partial charge on any atom is 0.241 e. The van der Waals surface area contributed by atoms with Gasteiger partial charge in [0.2, 0.25) is 5.88 Å². The molecule has 41 heavy (non-hydrogen) atoms. The standard InChI is InChI=1S/C32H23F3N2O3S/c1-41-27-16-8-22(9-17-27)30-31(23-6-14-26(35)15-7-23)37(18-28(38)20-2-10-24(33)11-3-20)36-32(30)40-19-29(39)21-4-12-25(34)13-5-21/h2-17H,18-19H2,1H3. The van der Waals surface area contributed by atoms with E-state index in [-0.39, 0.29) is 29.3 Å². The topological polar surface area (TPSA) is 61.2 Å². The molecular formula is C32H23F3N2O3S. The minimum absolute atomic E-state index is 0.0867. The highest BCUT2D eigenvalue weighted by Crippen LogP contribution is 2.40. The highest BCUT2D eigenvalue weighted by Gasteiger charge is 2.25. The molecule has 0 atom stereocenters. The van der Waals surface area contributed by atoms with Gasteiger partial charge in [-0.2, -0.15) is 0 Å². The van der Waals surface area contributed by atoms with Crippen LogP contribution in [-0.2, 0) is 6.54 Å². The summed E-state index contributed by atoms with van der Waals surface area (Å²) in [5.41, 5.74) is 2.79. The van der Waals surface area contributed by atoms with Crippen LogP contribution in [0.3, 0.4) is 0 Å². The third-order valence-corrected chi connectivity index (χ3v) is 7.13. The number of ketones is 2. The number of hydrogen-bond acceptors (Lipinski definition) is 5. The van der Waals surface area contributed by atoms with Gasteiger partial charge in [0.15, 0.2) is 18.2 Å². The van der Waals surface area contributed by atoms with E-state index in [0.29, 0.717) is 22.4 Å². The van der Waals surface area contributed by atoms with Crippen molar-refractivity contribution in [3.63, 3.8) is 0 Å². The molecular weight excluding hydrogens is 549 g/mol. The Kier molecular flexibility index (Phi) is 8.35. The molecule has 0 saturated heterocycles. The molecule has 0 aliphatic carbocycles. The van der Waals surface area contributed by atoms with Crippen molar-refractivity contribution in [2.24, 2.45) is 0 Å². The zero-order valence-corrected chi connectivity index (χ0v) is 22.6. The number of rotatable bonds is 10. The summed E-state index contributed by atoms with van der Waals surface area (Å²) in [4.78, 5) is 27.1. The Morgan fingerprint density at radius 3 is 1.73 bits per heavy atom. The third-order valence-electron chi connectivity index (χ3n) is 6.38. The van der Waals surface area contributed by atoms with E-state index in [1.54, 1.807) is 23.9 Å². The summed E-state index contributed by atoms with van der Waals surface area (Å²) in [7, 11) is 0. The van der Waals surface area contributed by atoms with Gasteiger partial charge in [-0.25, -0.2) is 13.2 Å². The molecule has 1 heterocycles. The molecule has 9 heteroatoms. The van der Waals surface area contributed by atoms with Crippen molar-refractivity contribution in [1.29, 1.82) is 0 Å². The zero-order valence-electron chi connectivity index (χ0n) is 21.8. The van der Waals surface area contributed by atoms with E-state index >= 15 is 0 Å². The van der Waals surface area contributed by atoms with Crippen molar-refractivity contribution < 1.29 is 27.5 Å². The Bertz CT molecular complexity index is 1680. The van der Waals surface area contributed by atoms with Gasteiger partial charge in [-0.05, 0) is 96.7 Å². The lowest BCUT2D eigenvalue weighted by Gasteiger charge is -2.11. The highest BCUT2D eigenvalue weighted by atomic mass is 32.2. The van der Waals surface area contributed by atoms with Crippen LogP contribution in [0, 0.1) is 17.5 Å². The lowest BCUT2D eigenvalue weighted by atomic mass is 10.0. The van der Waals surface area contributed by atoms with Crippen LogP contribution in [0.2, 0.25) is 0 Å². The second-order valence-electron chi connectivity index (χ2n) is 9.07. The molecule has 0 N–H and O–H groups in total. The Balaban J connectivity index is 1.60. The number of ether oxygens (including phenoxy) is 1. The van der Waals surface area contributed by atoms with Crippen LogP contribution in [0.4, 0.5) is 13.2 Å². The van der Waals surface area contributed by atoms with Crippen molar-refractivity contribution in [2.45, 2.75) is 11.4 Å². The van der Waals surface area contributed by atoms with E-state index in [4.69, 9.17) is 4.74 Å². The molecule has 0 amide bonds. The van der Waals surface area contributed by atoms with E-state index in [2.05, 4.69) is 5.10 Å². The van der Waals surface area contributed by atoms with Crippen LogP contribution >= 0.6 is 11.8 Å². The molecule has 0 bridgehead atoms. The van der Waals surface area contributed by atoms with Crippen molar-refractivity contribution in [1.82, 2.24) is 9.78 Å². The monoisotopic (exact) mass is 572 g/mol. The van der Waals surface area contributed by atoms with Crippen LogP contribution in [0.1, 0.15) is 20.7 Å². The summed E-state index contributed by atoms with van der Waals surface area (Å²) in [6.45, 7) is -0.628. The van der Waals surface area contributed by atoms with Gasteiger partial charge in [0.25, 0.3) is 0 Å². The first-order chi connectivity index (χ1) is 19.8. The number of hydrogen-bond donors (Lipinski definition) is 0. The molecule has 0 aliphatic rings. The number of carbonyl (C=O) groups is 2. The van der Waals surface area contributed by atoms with Crippen molar-refractivity contribution in [3.8, 4) is 28.3 Å². The fourth-order valence-corrected chi connectivity index (χ4v) is 4.70. The average molecular weight is 573 g/mol. The lowest BCUT2D eigenvalue weighted by molar-refractivity contribution is 0.0913. The number of thioether (sulfide) groups is 1. The van der Waals surface area contributed by atoms with E-state index in [1.807, 2.05) is 30.5 Å². The van der Waals surface area contributed by atoms with E-state index in [9.17, 15) is 22.8 Å². The predicted molar refractivity (Wildman–Crippen MR) is 152 cm³/mol. The van der Waals surface area contributed by atoms with E-state index in [0.717, 1.165) is 4.90 Å². The number of halogens is 3. The first-order valence-corrected chi connectivity index (χ1v) is 13.8. The van der Waals surface area contributed by atoms with E-state index < -0.39 is 29.8 Å². The van der Waals surface area contributed by atoms with Gasteiger partial charge in [-0.3, -0.25) is 14.3 Å². The summed E-state index contributed by atoms with van der Waals surface area (Å²) in [5, 5.41) is 4.58. The maximum atomic E-state index is 13.9. The molecule has 0 aliphatic heterocycles. The molecule has 0 spiro atoms. The SMILES string of the molecule is CSc1ccc(-c2c(OCC(=O)c3ccc(F)cc3)nn(CC(=O)c3ccc(F)cc3)c2-c2ccc(F)cc2)cc1. The Morgan fingerprint density at radius 2 is 1.20 bits per heavy atom. The summed E-state index contributed by atoms with van der Waals surface area (Å²) >= 11 is 1.57. The van der Waals surface area contributed by atoms with E-state index in [1.165, 1.54) is 65.3 Å². The highest BCUT2D eigenvalue weighted by molar-refractivity contribution is 7.98. The molecule has 0 radical (unpaired) electrons. The molecule has 0 unspecified atom stereocenters. The largest absolute Gasteiger partial charge is 0.468 e. The van der Waals surface area contributed by atoms with Crippen LogP contribution in [0.25, 0.3) is 22.4 Å². The Labute approximate surface area is 238 Å². The normalized spacial score (nSPS) is 10.9. The van der Waals surface area contributed by atoms with Gasteiger partial charge in [0.1, 0.15) is 24.0 Å². The number of carbonyl (C=O) groups excluding carboxylic acids is 2. The summed E-state index contributed by atoms with van der Waals surface area (Å²) in [6, 6.07) is 23.6.